The van der Waals surface area contributed by atoms with Crippen LogP contribution in [0.3, 0.4) is 0 Å². The van der Waals surface area contributed by atoms with Crippen LogP contribution in [0, 0.1) is 12.7 Å². The van der Waals surface area contributed by atoms with Gasteiger partial charge in [0.15, 0.2) is 0 Å². The summed E-state index contributed by atoms with van der Waals surface area (Å²) in [5.41, 5.74) is 1.04. The molecule has 0 N–H and O–H groups in total. The summed E-state index contributed by atoms with van der Waals surface area (Å²) >= 11 is 5.83. The first-order valence-electron chi connectivity index (χ1n) is 3.73. The van der Waals surface area contributed by atoms with Gasteiger partial charge in [0.25, 0.3) is 0 Å². The second kappa shape index (κ2) is 4.19. The molecule has 0 spiro atoms. The summed E-state index contributed by atoms with van der Waals surface area (Å²) in [5.74, 6) is -0.340. The van der Waals surface area contributed by atoms with Crippen LogP contribution in [0.5, 0.6) is 0 Å². The Bertz CT molecular complexity index is 358. The summed E-state index contributed by atoms with van der Waals surface area (Å²) in [6.07, 6.45) is 3.51. The fourth-order valence-electron chi connectivity index (χ4n) is 0.954. The highest BCUT2D eigenvalue weighted by Crippen LogP contribution is 2.23. The molecule has 0 aliphatic heterocycles. The van der Waals surface area contributed by atoms with E-state index < -0.39 is 0 Å². The first-order valence-corrected chi connectivity index (χ1v) is 4.11. The largest absolute Gasteiger partial charge is 0.299 e. The smallest absolute Gasteiger partial charge is 0.142 e. The Balaban J connectivity index is 3.17. The number of rotatable bonds is 2. The topological polar surface area (TPSA) is 17.1 Å². The fourth-order valence-corrected chi connectivity index (χ4v) is 1.17. The molecule has 1 aromatic carbocycles. The molecule has 3 heteroatoms. The summed E-state index contributed by atoms with van der Waals surface area (Å²) in [6.45, 7) is 1.59. The van der Waals surface area contributed by atoms with Gasteiger partial charge in [0, 0.05) is 5.56 Å². The van der Waals surface area contributed by atoms with Crippen molar-refractivity contribution in [3.63, 3.8) is 0 Å². The van der Waals surface area contributed by atoms with Crippen LogP contribution in [0.1, 0.15) is 11.1 Å². The third-order valence-corrected chi connectivity index (χ3v) is 2.21. The summed E-state index contributed by atoms with van der Waals surface area (Å²) in [6, 6.07) is 2.86. The molecule has 0 aromatic heterocycles. The Hall–Kier alpha value is -1.15. The molecule has 0 saturated carbocycles. The molecule has 0 aliphatic rings. The predicted molar refractivity (Wildman–Crippen MR) is 51.2 cm³/mol. The maximum atomic E-state index is 12.9. The van der Waals surface area contributed by atoms with Crippen LogP contribution in [0.15, 0.2) is 18.2 Å². The van der Waals surface area contributed by atoms with E-state index in [1.807, 2.05) is 0 Å². The quantitative estimate of drug-likeness (QED) is 0.528. The lowest BCUT2D eigenvalue weighted by atomic mass is 10.1. The monoisotopic (exact) mass is 198 g/mol. The normalized spacial score (nSPS) is 10.7. The van der Waals surface area contributed by atoms with Crippen molar-refractivity contribution >= 4 is 24.0 Å². The molecule has 0 fully saturated rings. The molecule has 0 atom stereocenters. The molecule has 1 nitrogen and oxygen atoms in total. The zero-order chi connectivity index (χ0) is 9.84. The van der Waals surface area contributed by atoms with Gasteiger partial charge in [-0.1, -0.05) is 23.7 Å². The van der Waals surface area contributed by atoms with Crippen LogP contribution in [0.4, 0.5) is 4.39 Å². The van der Waals surface area contributed by atoms with E-state index in [2.05, 4.69) is 0 Å². The lowest BCUT2D eigenvalue weighted by Crippen LogP contribution is -1.86. The molecule has 0 unspecified atom stereocenters. The molecule has 0 bridgehead atoms. The van der Waals surface area contributed by atoms with Crippen molar-refractivity contribution in [3.8, 4) is 0 Å². The van der Waals surface area contributed by atoms with Crippen LogP contribution in [-0.4, -0.2) is 6.29 Å². The number of allylic oxidation sites excluding steroid dienone is 1. The van der Waals surface area contributed by atoms with Crippen molar-refractivity contribution in [2.45, 2.75) is 6.92 Å². The van der Waals surface area contributed by atoms with Crippen LogP contribution in [-0.2, 0) is 4.79 Å². The van der Waals surface area contributed by atoms with Crippen molar-refractivity contribution in [3.05, 3.63) is 40.2 Å². The average Bonchev–Trinajstić information content (AvgIpc) is 2.13. The zero-order valence-electron chi connectivity index (χ0n) is 7.05. The molecule has 0 radical (unpaired) electrons. The van der Waals surface area contributed by atoms with E-state index in [-0.39, 0.29) is 5.82 Å². The summed E-state index contributed by atoms with van der Waals surface area (Å²) < 4.78 is 12.9. The number of halogens is 2. The van der Waals surface area contributed by atoms with Gasteiger partial charge in [0.2, 0.25) is 0 Å². The maximum Gasteiger partial charge on any atom is 0.142 e. The molecular formula is C10H8ClFO. The van der Waals surface area contributed by atoms with Crippen molar-refractivity contribution in [1.82, 2.24) is 0 Å². The van der Waals surface area contributed by atoms with E-state index in [1.165, 1.54) is 18.2 Å². The SMILES string of the molecule is Cc1c(F)ccc(C=CC=O)c1Cl. The first kappa shape index (κ1) is 9.93. The van der Waals surface area contributed by atoms with Crippen molar-refractivity contribution in [2.24, 2.45) is 0 Å². The third kappa shape index (κ3) is 2.16. The van der Waals surface area contributed by atoms with Crippen LogP contribution in [0.2, 0.25) is 5.02 Å². The van der Waals surface area contributed by atoms with Gasteiger partial charge in [-0.3, -0.25) is 4.79 Å². The third-order valence-electron chi connectivity index (χ3n) is 1.70. The molecule has 68 valence electrons. The second-order valence-corrected chi connectivity index (χ2v) is 2.95. The second-order valence-electron chi connectivity index (χ2n) is 2.57. The number of aldehydes is 1. The Morgan fingerprint density at radius 2 is 2.15 bits per heavy atom. The van der Waals surface area contributed by atoms with Gasteiger partial charge in [0.05, 0.1) is 5.02 Å². The number of benzene rings is 1. The van der Waals surface area contributed by atoms with E-state index in [4.69, 9.17) is 11.6 Å². The van der Waals surface area contributed by atoms with Crippen molar-refractivity contribution < 1.29 is 9.18 Å². The molecule has 0 saturated heterocycles. The van der Waals surface area contributed by atoms with Gasteiger partial charge >= 0.3 is 0 Å². The first-order chi connectivity index (χ1) is 6.16. The number of hydrogen-bond acceptors (Lipinski definition) is 1. The Morgan fingerprint density at radius 1 is 1.46 bits per heavy atom. The van der Waals surface area contributed by atoms with Crippen LogP contribution in [0.25, 0.3) is 6.08 Å². The molecule has 0 amide bonds. The minimum absolute atomic E-state index is 0.340. The molecule has 0 aliphatic carbocycles. The average molecular weight is 199 g/mol. The number of carbonyl (C=O) groups excluding carboxylic acids is 1. The molecule has 0 heterocycles. The highest BCUT2D eigenvalue weighted by atomic mass is 35.5. The van der Waals surface area contributed by atoms with E-state index in [1.54, 1.807) is 13.0 Å². The molecule has 1 aromatic rings. The zero-order valence-corrected chi connectivity index (χ0v) is 7.81. The van der Waals surface area contributed by atoms with Gasteiger partial charge in [-0.15, -0.1) is 0 Å². The molecule has 13 heavy (non-hydrogen) atoms. The van der Waals surface area contributed by atoms with E-state index in [0.29, 0.717) is 22.4 Å². The maximum absolute atomic E-state index is 12.9. The van der Waals surface area contributed by atoms with Gasteiger partial charge in [-0.25, -0.2) is 4.39 Å². The fraction of sp³-hybridized carbons (Fsp3) is 0.100. The van der Waals surface area contributed by atoms with Gasteiger partial charge in [-0.05, 0) is 24.6 Å². The van der Waals surface area contributed by atoms with E-state index in [9.17, 15) is 9.18 Å². The Labute approximate surface area is 80.8 Å². The van der Waals surface area contributed by atoms with Gasteiger partial charge in [0.1, 0.15) is 12.1 Å². The summed E-state index contributed by atoms with van der Waals surface area (Å²) in [5, 5.41) is 0.345. The minimum Gasteiger partial charge on any atom is -0.299 e. The van der Waals surface area contributed by atoms with Crippen molar-refractivity contribution in [1.29, 1.82) is 0 Å². The summed E-state index contributed by atoms with van der Waals surface area (Å²) in [4.78, 5) is 10.0. The van der Waals surface area contributed by atoms with Crippen molar-refractivity contribution in [2.75, 3.05) is 0 Å². The van der Waals surface area contributed by atoms with E-state index >= 15 is 0 Å². The van der Waals surface area contributed by atoms with Crippen LogP contribution >= 0.6 is 11.6 Å². The minimum atomic E-state index is -0.340. The lowest BCUT2D eigenvalue weighted by molar-refractivity contribution is -0.104. The number of carbonyl (C=O) groups is 1. The van der Waals surface area contributed by atoms with Crippen LogP contribution < -0.4 is 0 Å². The highest BCUT2D eigenvalue weighted by Gasteiger charge is 2.04. The molecular weight excluding hydrogens is 191 g/mol. The number of hydrogen-bond donors (Lipinski definition) is 0. The van der Waals surface area contributed by atoms with Gasteiger partial charge < -0.3 is 0 Å². The Morgan fingerprint density at radius 3 is 2.77 bits per heavy atom. The highest BCUT2D eigenvalue weighted by molar-refractivity contribution is 6.32. The lowest BCUT2D eigenvalue weighted by Gasteiger charge is -2.02. The van der Waals surface area contributed by atoms with E-state index in [0.717, 1.165) is 0 Å². The summed E-state index contributed by atoms with van der Waals surface area (Å²) in [7, 11) is 0. The Kier molecular flexibility index (Phi) is 3.20. The van der Waals surface area contributed by atoms with Gasteiger partial charge in [-0.2, -0.15) is 0 Å². The predicted octanol–water partition coefficient (Wildman–Crippen LogP) is 3.00. The molecule has 1 rings (SSSR count). The standard InChI is InChI=1S/C10H8ClFO/c1-7-9(12)5-4-8(10(7)11)3-2-6-13/h2-6H,1H3.